The summed E-state index contributed by atoms with van der Waals surface area (Å²) in [5.41, 5.74) is 0. The summed E-state index contributed by atoms with van der Waals surface area (Å²) >= 11 is 0. The van der Waals surface area contributed by atoms with Crippen LogP contribution >= 0.6 is 0 Å². The molecule has 8 heteroatoms. The van der Waals surface area contributed by atoms with Gasteiger partial charge in [-0.25, -0.2) is 0 Å². The standard InChI is InChI=1S/3CH2O2.Mn.Na/c3*2-1-3;;/h3*1H,(H,2,3);;/q;;;+2;+1/p-3. The summed E-state index contributed by atoms with van der Waals surface area (Å²) in [4.78, 5) is 24.8. The smallest absolute Gasteiger partial charge is 0.554 e. The van der Waals surface area contributed by atoms with E-state index in [0.29, 0.717) is 0 Å². The molecule has 0 aliphatic carbocycles. The Bertz CT molecular complexity index is 54.6. The van der Waals surface area contributed by atoms with Gasteiger partial charge in [0.1, 0.15) is 0 Å². The summed E-state index contributed by atoms with van der Waals surface area (Å²) in [5.74, 6) is 0. The first-order chi connectivity index (χ1) is 4.24. The molecule has 0 heterocycles. The van der Waals surface area contributed by atoms with Crippen LogP contribution in [0.1, 0.15) is 0 Å². The molecule has 0 rings (SSSR count). The summed E-state index contributed by atoms with van der Waals surface area (Å²) in [7, 11) is 0. The Morgan fingerprint density at radius 1 is 0.727 bits per heavy atom. The molecule has 0 spiro atoms. The van der Waals surface area contributed by atoms with Crippen molar-refractivity contribution in [3.8, 4) is 0 Å². The van der Waals surface area contributed by atoms with Gasteiger partial charge in [0.05, 0.1) is 0 Å². The summed E-state index contributed by atoms with van der Waals surface area (Å²) < 4.78 is 0. The van der Waals surface area contributed by atoms with E-state index in [1.165, 1.54) is 0 Å². The second kappa shape index (κ2) is 92.3. The zero-order chi connectivity index (χ0) is 8.12. The molecular formula is C3H3MnNaO6. The topological polar surface area (TPSA) is 120 Å². The predicted molar refractivity (Wildman–Crippen MR) is 18.2 cm³/mol. The van der Waals surface area contributed by atoms with Crippen LogP contribution in [0.25, 0.3) is 0 Å². The van der Waals surface area contributed by atoms with Crippen LogP contribution in [0, 0.1) is 0 Å². The monoisotopic (exact) mass is 213 g/mol. The van der Waals surface area contributed by atoms with Gasteiger partial charge in [0.15, 0.2) is 0 Å². The zero-order valence-electron chi connectivity index (χ0n) is 5.56. The quantitative estimate of drug-likeness (QED) is 0.291. The van der Waals surface area contributed by atoms with Crippen LogP contribution in [0.15, 0.2) is 0 Å². The summed E-state index contributed by atoms with van der Waals surface area (Å²) in [6.07, 6.45) is 0. The van der Waals surface area contributed by atoms with E-state index in [1.807, 2.05) is 0 Å². The van der Waals surface area contributed by atoms with Crippen molar-refractivity contribution in [1.82, 2.24) is 0 Å². The van der Waals surface area contributed by atoms with E-state index >= 15 is 0 Å². The van der Waals surface area contributed by atoms with Crippen molar-refractivity contribution < 1.29 is 76.3 Å². The number of hydrogen-bond donors (Lipinski definition) is 0. The molecule has 0 unspecified atom stereocenters. The van der Waals surface area contributed by atoms with E-state index in [-0.39, 0.29) is 46.6 Å². The first-order valence-electron chi connectivity index (χ1n) is 1.41. The van der Waals surface area contributed by atoms with Gasteiger partial charge in [-0.15, -0.1) is 0 Å². The second-order valence-corrected chi connectivity index (χ2v) is 0.289. The van der Waals surface area contributed by atoms with Crippen LogP contribution in [0.3, 0.4) is 0 Å². The van der Waals surface area contributed by atoms with Crippen molar-refractivity contribution in [3.05, 3.63) is 0 Å². The minimum atomic E-state index is -0.500. The maximum Gasteiger partial charge on any atom is 2.00 e. The molecule has 0 amide bonds. The fourth-order valence-electron chi connectivity index (χ4n) is 0. The summed E-state index contributed by atoms with van der Waals surface area (Å²) in [6, 6.07) is 0. The molecule has 0 aromatic carbocycles. The molecule has 0 N–H and O–H groups in total. The molecule has 11 heavy (non-hydrogen) atoms. The number of carbonyl (C=O) groups is 3. The van der Waals surface area contributed by atoms with Gasteiger partial charge in [0.2, 0.25) is 0 Å². The largest absolute Gasteiger partial charge is 2.00 e. The van der Waals surface area contributed by atoms with Crippen molar-refractivity contribution in [3.63, 3.8) is 0 Å². The molecule has 0 aromatic rings. The second-order valence-electron chi connectivity index (χ2n) is 0.289. The van der Waals surface area contributed by atoms with Crippen LogP contribution in [0.5, 0.6) is 0 Å². The van der Waals surface area contributed by atoms with Crippen LogP contribution in [0.4, 0.5) is 0 Å². The first-order valence-corrected chi connectivity index (χ1v) is 1.41. The van der Waals surface area contributed by atoms with Crippen LogP contribution < -0.4 is 44.9 Å². The van der Waals surface area contributed by atoms with Crippen molar-refractivity contribution >= 4 is 19.4 Å². The Labute approximate surface area is 95.4 Å². The fourth-order valence-corrected chi connectivity index (χ4v) is 0. The molecule has 0 aromatic heterocycles. The van der Waals surface area contributed by atoms with Gasteiger partial charge in [-0.05, 0) is 0 Å². The molecule has 59 valence electrons. The average molecular weight is 213 g/mol. The van der Waals surface area contributed by atoms with E-state index in [1.54, 1.807) is 0 Å². The van der Waals surface area contributed by atoms with Crippen LogP contribution in [-0.2, 0) is 31.5 Å². The molecule has 0 aliphatic rings. The maximum atomic E-state index is 8.25. The Morgan fingerprint density at radius 2 is 0.727 bits per heavy atom. The minimum absolute atomic E-state index is 0. The van der Waals surface area contributed by atoms with E-state index in [2.05, 4.69) is 0 Å². The van der Waals surface area contributed by atoms with Gasteiger partial charge in [0.25, 0.3) is 0 Å². The zero-order valence-corrected chi connectivity index (χ0v) is 8.74. The van der Waals surface area contributed by atoms with Gasteiger partial charge < -0.3 is 29.7 Å². The molecule has 0 saturated carbocycles. The third-order valence-electron chi connectivity index (χ3n) is 0. The Morgan fingerprint density at radius 3 is 0.727 bits per heavy atom. The van der Waals surface area contributed by atoms with Gasteiger partial charge in [-0.2, -0.15) is 0 Å². The van der Waals surface area contributed by atoms with Gasteiger partial charge in [-0.3, -0.25) is 0 Å². The number of carboxylic acid groups (broad SMARTS) is 3. The number of carbonyl (C=O) groups excluding carboxylic acids is 3. The molecule has 6 nitrogen and oxygen atoms in total. The van der Waals surface area contributed by atoms with Gasteiger partial charge >= 0.3 is 46.6 Å². The van der Waals surface area contributed by atoms with Gasteiger partial charge in [-0.1, -0.05) is 0 Å². The van der Waals surface area contributed by atoms with E-state index in [0.717, 1.165) is 0 Å². The van der Waals surface area contributed by atoms with Crippen molar-refractivity contribution in [2.75, 3.05) is 0 Å². The Kier molecular flexibility index (Phi) is 257. The normalized spacial score (nSPS) is 3.27. The van der Waals surface area contributed by atoms with Crippen molar-refractivity contribution in [1.29, 1.82) is 0 Å². The average Bonchev–Trinajstić information content (AvgIpc) is 1.70. The molecule has 0 saturated heterocycles. The molecule has 1 radical (unpaired) electrons. The molecule has 0 fully saturated rings. The SMILES string of the molecule is O=C[O-].O=C[O-].O=C[O-].[Mn+2].[Na+]. The minimum Gasteiger partial charge on any atom is -0.554 e. The summed E-state index contributed by atoms with van der Waals surface area (Å²) in [6.45, 7) is -1.50. The molecule has 0 atom stereocenters. The first kappa shape index (κ1) is 30.6. The predicted octanol–water partition coefficient (Wildman–Crippen LogP) is -7.90. The molecule has 0 aliphatic heterocycles. The Hall–Kier alpha value is -0.0705. The molecular weight excluding hydrogens is 210 g/mol. The molecule has 0 bridgehead atoms. The van der Waals surface area contributed by atoms with E-state index in [9.17, 15) is 0 Å². The van der Waals surface area contributed by atoms with Crippen molar-refractivity contribution in [2.24, 2.45) is 0 Å². The Balaban J connectivity index is -0.0000000150. The number of hydrogen-bond acceptors (Lipinski definition) is 6. The van der Waals surface area contributed by atoms with E-state index in [4.69, 9.17) is 29.7 Å². The maximum absolute atomic E-state index is 8.25. The van der Waals surface area contributed by atoms with Gasteiger partial charge in [0, 0.05) is 19.4 Å². The summed E-state index contributed by atoms with van der Waals surface area (Å²) in [5, 5.41) is 24.8. The fraction of sp³-hybridized carbons (Fsp3) is 0. The van der Waals surface area contributed by atoms with Crippen molar-refractivity contribution in [2.45, 2.75) is 0 Å². The van der Waals surface area contributed by atoms with E-state index < -0.39 is 19.4 Å². The number of rotatable bonds is 0. The van der Waals surface area contributed by atoms with Crippen LogP contribution in [-0.4, -0.2) is 19.4 Å². The third-order valence-corrected chi connectivity index (χ3v) is 0. The van der Waals surface area contributed by atoms with Crippen LogP contribution in [0.2, 0.25) is 0 Å². The third kappa shape index (κ3) is 126000.